The standard InChI is InChI=1S/C19H12Cl2N4O/c20-15-5-2-6-16(18(15)21)25-19(26)17-10-14(7-8-23-17)24-13-4-1-3-12(9-13)11-22/h1-10H,(H,23,24)(H,25,26). The number of rotatable bonds is 4. The van der Waals surface area contributed by atoms with Crippen molar-refractivity contribution in [3.63, 3.8) is 0 Å². The second-order valence-electron chi connectivity index (χ2n) is 5.30. The average Bonchev–Trinajstić information content (AvgIpc) is 2.66. The van der Waals surface area contributed by atoms with Crippen molar-refractivity contribution in [3.05, 3.63) is 82.1 Å². The third-order valence-electron chi connectivity index (χ3n) is 3.47. The number of pyridine rings is 1. The van der Waals surface area contributed by atoms with Gasteiger partial charge in [-0.3, -0.25) is 9.78 Å². The predicted molar refractivity (Wildman–Crippen MR) is 103 cm³/mol. The molecule has 0 radical (unpaired) electrons. The van der Waals surface area contributed by atoms with Gasteiger partial charge >= 0.3 is 0 Å². The van der Waals surface area contributed by atoms with Crippen molar-refractivity contribution in [2.24, 2.45) is 0 Å². The molecule has 0 saturated carbocycles. The van der Waals surface area contributed by atoms with Gasteiger partial charge in [0, 0.05) is 17.6 Å². The van der Waals surface area contributed by atoms with Crippen molar-refractivity contribution in [3.8, 4) is 6.07 Å². The molecule has 5 nitrogen and oxygen atoms in total. The average molecular weight is 383 g/mol. The van der Waals surface area contributed by atoms with Gasteiger partial charge in [0.1, 0.15) is 5.69 Å². The molecule has 2 aromatic carbocycles. The van der Waals surface area contributed by atoms with Crippen molar-refractivity contribution in [2.45, 2.75) is 0 Å². The van der Waals surface area contributed by atoms with E-state index in [-0.39, 0.29) is 10.7 Å². The number of amides is 1. The summed E-state index contributed by atoms with van der Waals surface area (Å²) >= 11 is 12.0. The van der Waals surface area contributed by atoms with Crippen LogP contribution in [0, 0.1) is 11.3 Å². The highest BCUT2D eigenvalue weighted by Crippen LogP contribution is 2.29. The van der Waals surface area contributed by atoms with Gasteiger partial charge in [0.2, 0.25) is 0 Å². The fraction of sp³-hybridized carbons (Fsp3) is 0. The third kappa shape index (κ3) is 4.12. The van der Waals surface area contributed by atoms with E-state index in [1.54, 1.807) is 48.5 Å². The summed E-state index contributed by atoms with van der Waals surface area (Å²) in [7, 11) is 0. The Balaban J connectivity index is 1.79. The molecule has 1 aromatic heterocycles. The molecular formula is C19H12Cl2N4O. The highest BCUT2D eigenvalue weighted by molar-refractivity contribution is 6.44. The van der Waals surface area contributed by atoms with Crippen LogP contribution in [0.2, 0.25) is 10.0 Å². The fourth-order valence-corrected chi connectivity index (χ4v) is 2.60. The minimum Gasteiger partial charge on any atom is -0.355 e. The molecule has 0 saturated heterocycles. The number of hydrogen-bond donors (Lipinski definition) is 2. The lowest BCUT2D eigenvalue weighted by atomic mass is 10.2. The fourth-order valence-electron chi connectivity index (χ4n) is 2.25. The molecule has 1 heterocycles. The van der Waals surface area contributed by atoms with Gasteiger partial charge in [-0.05, 0) is 42.5 Å². The number of carbonyl (C=O) groups excluding carboxylic acids is 1. The van der Waals surface area contributed by atoms with Crippen molar-refractivity contribution in [2.75, 3.05) is 10.6 Å². The van der Waals surface area contributed by atoms with E-state index >= 15 is 0 Å². The Morgan fingerprint density at radius 3 is 2.62 bits per heavy atom. The number of hydrogen-bond acceptors (Lipinski definition) is 4. The molecule has 0 bridgehead atoms. The van der Waals surface area contributed by atoms with Crippen LogP contribution in [0.3, 0.4) is 0 Å². The molecule has 0 spiro atoms. The van der Waals surface area contributed by atoms with Crippen LogP contribution in [0.25, 0.3) is 0 Å². The highest BCUT2D eigenvalue weighted by Gasteiger charge is 2.12. The van der Waals surface area contributed by atoms with Crippen LogP contribution >= 0.6 is 23.2 Å². The molecule has 3 rings (SSSR count). The summed E-state index contributed by atoms with van der Waals surface area (Å²) in [5.74, 6) is -0.413. The van der Waals surface area contributed by atoms with Crippen molar-refractivity contribution < 1.29 is 4.79 Å². The quantitative estimate of drug-likeness (QED) is 0.645. The number of benzene rings is 2. The molecule has 3 aromatic rings. The minimum absolute atomic E-state index is 0.211. The zero-order valence-corrected chi connectivity index (χ0v) is 14.8. The van der Waals surface area contributed by atoms with E-state index in [2.05, 4.69) is 21.7 Å². The lowest BCUT2D eigenvalue weighted by molar-refractivity contribution is 0.102. The summed E-state index contributed by atoms with van der Waals surface area (Å²) in [4.78, 5) is 16.5. The second-order valence-corrected chi connectivity index (χ2v) is 6.09. The normalized spacial score (nSPS) is 10.0. The van der Waals surface area contributed by atoms with E-state index in [0.29, 0.717) is 22.0 Å². The van der Waals surface area contributed by atoms with Crippen molar-refractivity contribution >= 4 is 46.2 Å². The summed E-state index contributed by atoms with van der Waals surface area (Å²) in [6.07, 6.45) is 1.52. The Hall–Kier alpha value is -3.07. The first-order chi connectivity index (χ1) is 12.6. The Labute approximate surface area is 160 Å². The van der Waals surface area contributed by atoms with Crippen LogP contribution in [0.15, 0.2) is 60.8 Å². The summed E-state index contributed by atoms with van der Waals surface area (Å²) in [5, 5.41) is 15.4. The zero-order chi connectivity index (χ0) is 18.5. The van der Waals surface area contributed by atoms with Gasteiger partial charge in [-0.15, -0.1) is 0 Å². The molecule has 1 amide bonds. The molecule has 128 valence electrons. The van der Waals surface area contributed by atoms with Crippen LogP contribution in [-0.4, -0.2) is 10.9 Å². The minimum atomic E-state index is -0.413. The molecule has 26 heavy (non-hydrogen) atoms. The van der Waals surface area contributed by atoms with Crippen molar-refractivity contribution in [1.82, 2.24) is 4.98 Å². The van der Waals surface area contributed by atoms with Crippen molar-refractivity contribution in [1.29, 1.82) is 5.26 Å². The highest BCUT2D eigenvalue weighted by atomic mass is 35.5. The van der Waals surface area contributed by atoms with Gasteiger partial charge in [-0.25, -0.2) is 0 Å². The maximum atomic E-state index is 12.4. The second kappa shape index (κ2) is 7.87. The van der Waals surface area contributed by atoms with Crippen LogP contribution in [0.5, 0.6) is 0 Å². The molecule has 0 atom stereocenters. The van der Waals surface area contributed by atoms with Gasteiger partial charge in [0.05, 0.1) is 27.4 Å². The van der Waals surface area contributed by atoms with E-state index in [0.717, 1.165) is 5.69 Å². The molecule has 2 N–H and O–H groups in total. The molecule has 7 heteroatoms. The predicted octanol–water partition coefficient (Wildman–Crippen LogP) is 5.26. The Bertz CT molecular complexity index is 1010. The van der Waals surface area contributed by atoms with Crippen LogP contribution in [-0.2, 0) is 0 Å². The Kier molecular flexibility index (Phi) is 5.37. The van der Waals surface area contributed by atoms with E-state index in [1.807, 2.05) is 6.07 Å². The molecule has 0 fully saturated rings. The maximum absolute atomic E-state index is 12.4. The lowest BCUT2D eigenvalue weighted by Gasteiger charge is -2.10. The number of halogens is 2. The number of nitrogens with zero attached hydrogens (tertiary/aromatic N) is 2. The number of aromatic nitrogens is 1. The summed E-state index contributed by atoms with van der Waals surface area (Å²) in [5.41, 5.74) is 2.56. The number of carbonyl (C=O) groups is 1. The first kappa shape index (κ1) is 17.7. The van der Waals surface area contributed by atoms with E-state index < -0.39 is 5.91 Å². The topological polar surface area (TPSA) is 77.8 Å². The van der Waals surface area contributed by atoms with Gasteiger partial charge in [0.25, 0.3) is 5.91 Å². The van der Waals surface area contributed by atoms with Gasteiger partial charge < -0.3 is 10.6 Å². The van der Waals surface area contributed by atoms with E-state index in [9.17, 15) is 4.79 Å². The molecule has 0 aliphatic rings. The number of nitriles is 1. The monoisotopic (exact) mass is 382 g/mol. The van der Waals surface area contributed by atoms with Gasteiger partial charge in [0.15, 0.2) is 0 Å². The summed E-state index contributed by atoms with van der Waals surface area (Å²) in [6, 6.07) is 17.4. The Morgan fingerprint density at radius 2 is 1.81 bits per heavy atom. The van der Waals surface area contributed by atoms with Crippen LogP contribution in [0.4, 0.5) is 17.1 Å². The SMILES string of the molecule is N#Cc1cccc(Nc2ccnc(C(=O)Nc3cccc(Cl)c3Cl)c2)c1. The van der Waals surface area contributed by atoms with E-state index in [4.69, 9.17) is 28.5 Å². The molecule has 0 unspecified atom stereocenters. The van der Waals surface area contributed by atoms with Crippen LogP contribution < -0.4 is 10.6 Å². The number of anilines is 3. The Morgan fingerprint density at radius 1 is 1.04 bits per heavy atom. The lowest BCUT2D eigenvalue weighted by Crippen LogP contribution is -2.14. The molecule has 0 aliphatic carbocycles. The molecular weight excluding hydrogens is 371 g/mol. The van der Waals surface area contributed by atoms with Gasteiger partial charge in [-0.1, -0.05) is 35.3 Å². The summed E-state index contributed by atoms with van der Waals surface area (Å²) < 4.78 is 0. The maximum Gasteiger partial charge on any atom is 0.274 e. The smallest absolute Gasteiger partial charge is 0.274 e. The van der Waals surface area contributed by atoms with Crippen LogP contribution in [0.1, 0.15) is 16.1 Å². The molecule has 0 aliphatic heterocycles. The first-order valence-electron chi connectivity index (χ1n) is 7.55. The van der Waals surface area contributed by atoms with Gasteiger partial charge in [-0.2, -0.15) is 5.26 Å². The van der Waals surface area contributed by atoms with E-state index in [1.165, 1.54) is 6.20 Å². The summed E-state index contributed by atoms with van der Waals surface area (Å²) in [6.45, 7) is 0. The zero-order valence-electron chi connectivity index (χ0n) is 13.3. The third-order valence-corrected chi connectivity index (χ3v) is 4.29. The largest absolute Gasteiger partial charge is 0.355 e. The first-order valence-corrected chi connectivity index (χ1v) is 8.31. The number of nitrogens with one attached hydrogen (secondary N) is 2.